The summed E-state index contributed by atoms with van der Waals surface area (Å²) in [5, 5.41) is 0. The Hall–Kier alpha value is -2.03. The number of benzene rings is 1. The Balaban J connectivity index is 2.05. The van der Waals surface area contributed by atoms with Crippen molar-refractivity contribution in [3.05, 3.63) is 47.5 Å². The molecule has 0 unspecified atom stereocenters. The quantitative estimate of drug-likeness (QED) is 0.622. The SMILES string of the molecule is COc1ccc2c(n1)Oc1ccccc1C2. The molecule has 0 saturated carbocycles. The fourth-order valence-corrected chi connectivity index (χ4v) is 1.85. The molecule has 80 valence electrons. The Morgan fingerprint density at radius 3 is 2.88 bits per heavy atom. The molecule has 0 amide bonds. The third kappa shape index (κ3) is 1.41. The Morgan fingerprint density at radius 2 is 2.00 bits per heavy atom. The highest BCUT2D eigenvalue weighted by Crippen LogP contribution is 2.35. The topological polar surface area (TPSA) is 31.4 Å². The lowest BCUT2D eigenvalue weighted by Crippen LogP contribution is -2.05. The van der Waals surface area contributed by atoms with Gasteiger partial charge in [-0.15, -0.1) is 0 Å². The number of aromatic nitrogens is 1. The van der Waals surface area contributed by atoms with E-state index in [1.165, 1.54) is 5.56 Å². The molecular formula is C13H11NO2. The Labute approximate surface area is 93.7 Å². The molecule has 1 aromatic heterocycles. The van der Waals surface area contributed by atoms with Crippen LogP contribution in [0.3, 0.4) is 0 Å². The van der Waals surface area contributed by atoms with Crippen molar-refractivity contribution in [1.29, 1.82) is 0 Å². The zero-order valence-corrected chi connectivity index (χ0v) is 8.93. The predicted molar refractivity (Wildman–Crippen MR) is 60.1 cm³/mol. The van der Waals surface area contributed by atoms with Crippen molar-refractivity contribution < 1.29 is 9.47 Å². The first-order valence-electron chi connectivity index (χ1n) is 5.16. The highest BCUT2D eigenvalue weighted by Gasteiger charge is 2.17. The first-order valence-corrected chi connectivity index (χ1v) is 5.16. The van der Waals surface area contributed by atoms with E-state index in [1.807, 2.05) is 30.3 Å². The molecule has 1 aliphatic rings. The Bertz CT molecular complexity index is 537. The van der Waals surface area contributed by atoms with Gasteiger partial charge in [-0.1, -0.05) is 18.2 Å². The largest absolute Gasteiger partial charge is 0.481 e. The highest BCUT2D eigenvalue weighted by atomic mass is 16.5. The minimum atomic E-state index is 0.582. The van der Waals surface area contributed by atoms with E-state index in [4.69, 9.17) is 9.47 Å². The zero-order valence-electron chi connectivity index (χ0n) is 8.93. The van der Waals surface area contributed by atoms with Gasteiger partial charge in [0.2, 0.25) is 11.8 Å². The van der Waals surface area contributed by atoms with Crippen molar-refractivity contribution >= 4 is 0 Å². The van der Waals surface area contributed by atoms with Gasteiger partial charge in [0.15, 0.2) is 0 Å². The number of para-hydroxylation sites is 1. The number of rotatable bonds is 1. The average molecular weight is 213 g/mol. The van der Waals surface area contributed by atoms with Gasteiger partial charge in [0.25, 0.3) is 0 Å². The minimum absolute atomic E-state index is 0.582. The van der Waals surface area contributed by atoms with E-state index in [1.54, 1.807) is 7.11 Å². The van der Waals surface area contributed by atoms with Gasteiger partial charge in [-0.25, -0.2) is 0 Å². The lowest BCUT2D eigenvalue weighted by atomic mass is 10.0. The molecule has 0 saturated heterocycles. The van der Waals surface area contributed by atoms with E-state index < -0.39 is 0 Å². The van der Waals surface area contributed by atoms with Crippen molar-refractivity contribution in [2.75, 3.05) is 7.11 Å². The van der Waals surface area contributed by atoms with Gasteiger partial charge in [-0.05, 0) is 17.7 Å². The number of hydrogen-bond donors (Lipinski definition) is 0. The van der Waals surface area contributed by atoms with E-state index in [0.717, 1.165) is 17.7 Å². The second-order valence-electron chi connectivity index (χ2n) is 3.70. The fourth-order valence-electron chi connectivity index (χ4n) is 1.85. The maximum Gasteiger partial charge on any atom is 0.226 e. The van der Waals surface area contributed by atoms with Gasteiger partial charge in [-0.3, -0.25) is 0 Å². The second-order valence-corrected chi connectivity index (χ2v) is 3.70. The van der Waals surface area contributed by atoms with Crippen molar-refractivity contribution in [2.24, 2.45) is 0 Å². The van der Waals surface area contributed by atoms with Crippen LogP contribution < -0.4 is 9.47 Å². The number of fused-ring (bicyclic) bond motifs is 2. The molecule has 1 aromatic carbocycles. The first-order chi connectivity index (χ1) is 7.86. The van der Waals surface area contributed by atoms with Crippen LogP contribution >= 0.6 is 0 Å². The molecular weight excluding hydrogens is 202 g/mol. The van der Waals surface area contributed by atoms with Gasteiger partial charge in [-0.2, -0.15) is 4.98 Å². The smallest absolute Gasteiger partial charge is 0.226 e. The molecule has 3 heteroatoms. The van der Waals surface area contributed by atoms with Crippen LogP contribution in [0.4, 0.5) is 0 Å². The molecule has 0 bridgehead atoms. The van der Waals surface area contributed by atoms with Gasteiger partial charge < -0.3 is 9.47 Å². The van der Waals surface area contributed by atoms with Gasteiger partial charge in [0.1, 0.15) is 5.75 Å². The van der Waals surface area contributed by atoms with Gasteiger partial charge in [0.05, 0.1) is 7.11 Å². The van der Waals surface area contributed by atoms with Crippen molar-refractivity contribution in [2.45, 2.75) is 6.42 Å². The van der Waals surface area contributed by atoms with Crippen molar-refractivity contribution in [1.82, 2.24) is 4.98 Å². The average Bonchev–Trinajstić information content (AvgIpc) is 2.35. The standard InChI is InChI=1S/C13H11NO2/c1-15-12-7-6-10-8-9-4-2-3-5-11(9)16-13(10)14-12/h2-7H,8H2,1H3. The van der Waals surface area contributed by atoms with Gasteiger partial charge >= 0.3 is 0 Å². The van der Waals surface area contributed by atoms with E-state index in [2.05, 4.69) is 11.1 Å². The summed E-state index contributed by atoms with van der Waals surface area (Å²) in [5.41, 5.74) is 2.29. The molecule has 0 spiro atoms. The number of pyridine rings is 1. The lowest BCUT2D eigenvalue weighted by molar-refractivity contribution is 0.378. The summed E-state index contributed by atoms with van der Waals surface area (Å²) < 4.78 is 10.8. The molecule has 2 aromatic rings. The number of ether oxygens (including phenoxy) is 2. The third-order valence-corrected chi connectivity index (χ3v) is 2.68. The zero-order chi connectivity index (χ0) is 11.0. The second kappa shape index (κ2) is 3.52. The summed E-state index contributed by atoms with van der Waals surface area (Å²) in [7, 11) is 1.60. The van der Waals surface area contributed by atoms with Crippen LogP contribution in [-0.2, 0) is 6.42 Å². The van der Waals surface area contributed by atoms with E-state index >= 15 is 0 Å². The van der Waals surface area contributed by atoms with Crippen LogP contribution in [0.5, 0.6) is 17.5 Å². The van der Waals surface area contributed by atoms with Crippen LogP contribution in [0.25, 0.3) is 0 Å². The maximum absolute atomic E-state index is 5.73. The fraction of sp³-hybridized carbons (Fsp3) is 0.154. The lowest BCUT2D eigenvalue weighted by Gasteiger charge is -2.19. The maximum atomic E-state index is 5.73. The van der Waals surface area contributed by atoms with E-state index in [-0.39, 0.29) is 0 Å². The minimum Gasteiger partial charge on any atom is -0.481 e. The van der Waals surface area contributed by atoms with E-state index in [9.17, 15) is 0 Å². The Morgan fingerprint density at radius 1 is 1.12 bits per heavy atom. The summed E-state index contributed by atoms with van der Waals surface area (Å²) >= 11 is 0. The van der Waals surface area contributed by atoms with Crippen LogP contribution in [-0.4, -0.2) is 12.1 Å². The molecule has 16 heavy (non-hydrogen) atoms. The van der Waals surface area contributed by atoms with Crippen molar-refractivity contribution in [3.8, 4) is 17.5 Å². The number of hydrogen-bond acceptors (Lipinski definition) is 3. The summed E-state index contributed by atoms with van der Waals surface area (Å²) in [6, 6.07) is 11.9. The first kappa shape index (κ1) is 9.21. The van der Waals surface area contributed by atoms with Crippen molar-refractivity contribution in [3.63, 3.8) is 0 Å². The van der Waals surface area contributed by atoms with Crippen LogP contribution in [0, 0.1) is 0 Å². The Kier molecular flexibility index (Phi) is 2.03. The molecule has 0 aliphatic carbocycles. The monoisotopic (exact) mass is 213 g/mol. The van der Waals surface area contributed by atoms with E-state index in [0.29, 0.717) is 11.8 Å². The molecule has 2 heterocycles. The molecule has 1 aliphatic heterocycles. The number of nitrogens with zero attached hydrogens (tertiary/aromatic N) is 1. The molecule has 0 radical (unpaired) electrons. The number of methoxy groups -OCH3 is 1. The summed E-state index contributed by atoms with van der Waals surface area (Å²) in [5.74, 6) is 2.12. The van der Waals surface area contributed by atoms with Gasteiger partial charge in [0, 0.05) is 18.1 Å². The van der Waals surface area contributed by atoms with Crippen LogP contribution in [0.2, 0.25) is 0 Å². The summed E-state index contributed by atoms with van der Waals surface area (Å²) in [6.45, 7) is 0. The highest BCUT2D eigenvalue weighted by molar-refractivity contribution is 5.47. The summed E-state index contributed by atoms with van der Waals surface area (Å²) in [4.78, 5) is 4.29. The van der Waals surface area contributed by atoms with Crippen LogP contribution in [0.1, 0.15) is 11.1 Å². The molecule has 3 nitrogen and oxygen atoms in total. The molecule has 3 rings (SSSR count). The van der Waals surface area contributed by atoms with Crippen LogP contribution in [0.15, 0.2) is 36.4 Å². The molecule has 0 fully saturated rings. The third-order valence-electron chi connectivity index (χ3n) is 2.68. The predicted octanol–water partition coefficient (Wildman–Crippen LogP) is 2.79. The summed E-state index contributed by atoms with van der Waals surface area (Å²) in [6.07, 6.45) is 0.864. The molecule has 0 atom stereocenters. The molecule has 0 N–H and O–H groups in total. The normalized spacial score (nSPS) is 12.3.